The maximum Gasteiger partial charge on any atom is 0.403 e. The fraction of sp³-hybridized carbons (Fsp3) is 0.500. The van der Waals surface area contributed by atoms with Crippen LogP contribution in [0.2, 0.25) is 0 Å². The van der Waals surface area contributed by atoms with Gasteiger partial charge in [0.1, 0.15) is 23.6 Å². The molecule has 0 radical (unpaired) electrons. The van der Waals surface area contributed by atoms with E-state index in [1.165, 1.54) is 19.2 Å². The summed E-state index contributed by atoms with van der Waals surface area (Å²) in [5, 5.41) is 13.7. The van der Waals surface area contributed by atoms with Crippen molar-refractivity contribution in [3.8, 4) is 0 Å². The number of carbonyl (C=O) groups excluding carboxylic acids is 1. The van der Waals surface area contributed by atoms with Crippen LogP contribution in [0.3, 0.4) is 0 Å². The molecule has 1 aromatic carbocycles. The lowest BCUT2D eigenvalue weighted by Crippen LogP contribution is -2.51. The van der Waals surface area contributed by atoms with Gasteiger partial charge in [-0.05, 0) is 24.5 Å². The number of ether oxygens (including phenoxy) is 2. The number of nitrogens with two attached hydrogens (primary N) is 2. The fourth-order valence-electron chi connectivity index (χ4n) is 3.65. The number of esters is 1. The third-order valence-corrected chi connectivity index (χ3v) is 6.85. The zero-order valence-electron chi connectivity index (χ0n) is 20.2. The Bertz CT molecular complexity index is 1160. The number of nitrogens with one attached hydrogen (secondary N) is 1. The molecule has 7 N–H and O–H groups in total. The molecule has 0 amide bonds. The van der Waals surface area contributed by atoms with Crippen LogP contribution in [0, 0.1) is 5.92 Å². The van der Waals surface area contributed by atoms with Crippen molar-refractivity contribution in [3.63, 3.8) is 0 Å². The maximum atomic E-state index is 12.6. The molecule has 1 aromatic heterocycles. The zero-order chi connectivity index (χ0) is 26.7. The quantitative estimate of drug-likeness (QED) is 0.210. The first-order valence-corrected chi connectivity index (χ1v) is 12.8. The van der Waals surface area contributed by atoms with Crippen molar-refractivity contribution in [3.05, 3.63) is 58.6 Å². The van der Waals surface area contributed by atoms with E-state index >= 15 is 0 Å². The lowest BCUT2D eigenvalue weighted by molar-refractivity contribution is -0.166. The number of nitrogen functional groups attached to an aromatic ring is 1. The first kappa shape index (κ1) is 27.9. The lowest BCUT2D eigenvalue weighted by atomic mass is 9.95. The summed E-state index contributed by atoms with van der Waals surface area (Å²) < 4.78 is 30.1. The highest BCUT2D eigenvalue weighted by Crippen LogP contribution is 2.43. The summed E-state index contributed by atoms with van der Waals surface area (Å²) in [5.41, 5.74) is 9.40. The monoisotopic (exact) mass is 525 g/mol. The van der Waals surface area contributed by atoms with E-state index in [1.54, 1.807) is 38.1 Å². The molecule has 1 unspecified atom stereocenters. The molecule has 0 spiro atoms. The molecule has 198 valence electrons. The molecule has 2 aromatic rings. The largest absolute Gasteiger partial charge is 0.455 e. The summed E-state index contributed by atoms with van der Waals surface area (Å²) in [7, 11) is -4.33. The van der Waals surface area contributed by atoms with Crippen LogP contribution in [0.1, 0.15) is 32.6 Å². The highest BCUT2D eigenvalue weighted by molar-refractivity contribution is 7.50. The van der Waals surface area contributed by atoms with Gasteiger partial charge in [-0.2, -0.15) is 4.98 Å². The number of hydrogen-bond acceptors (Lipinski definition) is 10. The second kappa shape index (κ2) is 11.2. The van der Waals surface area contributed by atoms with E-state index in [9.17, 15) is 24.2 Å². The van der Waals surface area contributed by atoms with E-state index in [4.69, 9.17) is 25.5 Å². The van der Waals surface area contributed by atoms with E-state index in [-0.39, 0.29) is 18.3 Å². The van der Waals surface area contributed by atoms with E-state index in [0.717, 1.165) is 10.1 Å². The number of hydrogen-bond donors (Lipinski definition) is 5. The van der Waals surface area contributed by atoms with Gasteiger partial charge < -0.3 is 30.9 Å². The summed E-state index contributed by atoms with van der Waals surface area (Å²) in [6, 6.07) is 9.23. The molecular weight excluding hydrogens is 493 g/mol. The van der Waals surface area contributed by atoms with Crippen LogP contribution in [0.4, 0.5) is 5.82 Å². The summed E-state index contributed by atoms with van der Waals surface area (Å²) in [6.07, 6.45) is -2.75. The van der Waals surface area contributed by atoms with Crippen LogP contribution in [-0.2, 0) is 29.9 Å². The molecule has 1 saturated heterocycles. The fourth-order valence-corrected chi connectivity index (χ4v) is 4.47. The third-order valence-electron chi connectivity index (χ3n) is 5.79. The standard InChI is InChI=1S/C22H32N5O8P/c1-13(2)17(24)19(28)35-18-15(12-33-36(31,32)25-11-14-7-5-4-6-8-14)34-20(22(18,3)30)27-10-9-16(23)26-21(27)29/h4-10,13,15,17-18,20,30H,11-12,24H2,1-3H3,(H2,23,26,29)(H2,25,31,32)/t15-,17+,18-,20-,22-/m1/s1. The minimum atomic E-state index is -4.33. The smallest absolute Gasteiger partial charge is 0.403 e. The van der Waals surface area contributed by atoms with Crippen LogP contribution in [0.15, 0.2) is 47.4 Å². The van der Waals surface area contributed by atoms with E-state index in [1.807, 2.05) is 6.07 Å². The van der Waals surface area contributed by atoms with Gasteiger partial charge in [0.25, 0.3) is 0 Å². The van der Waals surface area contributed by atoms with Crippen molar-refractivity contribution in [2.45, 2.75) is 57.4 Å². The molecule has 1 aliphatic heterocycles. The lowest BCUT2D eigenvalue weighted by Gasteiger charge is -2.31. The Morgan fingerprint density at radius 1 is 1.33 bits per heavy atom. The third kappa shape index (κ3) is 6.56. The molecule has 13 nitrogen and oxygen atoms in total. The second-order valence-electron chi connectivity index (χ2n) is 9.06. The number of rotatable bonds is 10. The Hall–Kier alpha value is -2.64. The van der Waals surface area contributed by atoms with Crippen molar-refractivity contribution in [1.82, 2.24) is 14.6 Å². The van der Waals surface area contributed by atoms with Gasteiger partial charge in [0.05, 0.1) is 6.61 Å². The van der Waals surface area contributed by atoms with Crippen LogP contribution < -0.4 is 22.2 Å². The highest BCUT2D eigenvalue weighted by Gasteiger charge is 2.57. The van der Waals surface area contributed by atoms with E-state index in [2.05, 4.69) is 10.1 Å². The Kier molecular flexibility index (Phi) is 8.67. The number of aromatic nitrogens is 2. The number of carbonyl (C=O) groups is 1. The van der Waals surface area contributed by atoms with Gasteiger partial charge in [-0.1, -0.05) is 44.2 Å². The molecule has 14 heteroatoms. The van der Waals surface area contributed by atoms with E-state index in [0.29, 0.717) is 0 Å². The number of aliphatic hydroxyl groups is 1. The van der Waals surface area contributed by atoms with Crippen LogP contribution >= 0.6 is 7.75 Å². The molecule has 36 heavy (non-hydrogen) atoms. The van der Waals surface area contributed by atoms with Crippen molar-refractivity contribution in [1.29, 1.82) is 0 Å². The first-order valence-electron chi connectivity index (χ1n) is 11.3. The number of anilines is 1. The molecule has 1 fully saturated rings. The Morgan fingerprint density at radius 3 is 2.61 bits per heavy atom. The Balaban J connectivity index is 1.81. The summed E-state index contributed by atoms with van der Waals surface area (Å²) in [4.78, 5) is 38.9. The van der Waals surface area contributed by atoms with Crippen molar-refractivity contribution in [2.24, 2.45) is 11.7 Å². The van der Waals surface area contributed by atoms with Gasteiger partial charge in [-0.25, -0.2) is 14.4 Å². The molecule has 0 saturated carbocycles. The highest BCUT2D eigenvalue weighted by atomic mass is 31.2. The average Bonchev–Trinajstić information content (AvgIpc) is 3.06. The van der Waals surface area contributed by atoms with Crippen molar-refractivity contribution >= 4 is 19.5 Å². The molecule has 0 bridgehead atoms. The number of benzene rings is 1. The SMILES string of the molecule is CC(C)[C@H](N)C(=O)O[C@@H]1[C@@H](COP(=O)(O)NCc2ccccc2)O[C@@H](n2ccc(N)nc2=O)[C@]1(C)O. The average molecular weight is 525 g/mol. The summed E-state index contributed by atoms with van der Waals surface area (Å²) >= 11 is 0. The molecule has 3 rings (SSSR count). The van der Waals surface area contributed by atoms with Crippen LogP contribution in [-0.4, -0.2) is 56.0 Å². The predicted octanol–water partition coefficient (Wildman–Crippen LogP) is 0.276. The van der Waals surface area contributed by atoms with E-state index < -0.39 is 56.1 Å². The summed E-state index contributed by atoms with van der Waals surface area (Å²) in [5.74, 6) is -1.12. The normalized spacial score (nSPS) is 26.5. The van der Waals surface area contributed by atoms with Gasteiger partial charge in [0.15, 0.2) is 12.3 Å². The predicted molar refractivity (Wildman–Crippen MR) is 129 cm³/mol. The topological polar surface area (TPSA) is 201 Å². The minimum absolute atomic E-state index is 0.0367. The van der Waals surface area contributed by atoms with Crippen LogP contribution in [0.25, 0.3) is 0 Å². The molecule has 2 heterocycles. The second-order valence-corrected chi connectivity index (χ2v) is 10.7. The molecule has 0 aliphatic carbocycles. The molecule has 1 aliphatic rings. The first-order chi connectivity index (χ1) is 16.8. The van der Waals surface area contributed by atoms with Gasteiger partial charge in [0.2, 0.25) is 0 Å². The number of nitrogens with zero attached hydrogens (tertiary/aromatic N) is 2. The molecule has 6 atom stereocenters. The van der Waals surface area contributed by atoms with Crippen molar-refractivity contribution in [2.75, 3.05) is 12.3 Å². The van der Waals surface area contributed by atoms with Crippen LogP contribution in [0.5, 0.6) is 0 Å². The zero-order valence-corrected chi connectivity index (χ0v) is 21.1. The van der Waals surface area contributed by atoms with Crippen molar-refractivity contribution < 1.29 is 33.4 Å². The van der Waals surface area contributed by atoms with Gasteiger partial charge in [-0.15, -0.1) is 0 Å². The molecular formula is C22H32N5O8P. The van der Waals surface area contributed by atoms with Gasteiger partial charge in [-0.3, -0.25) is 13.9 Å². The Labute approximate surface area is 208 Å². The minimum Gasteiger partial charge on any atom is -0.455 e. The van der Waals surface area contributed by atoms with Gasteiger partial charge >= 0.3 is 19.4 Å². The van der Waals surface area contributed by atoms with Gasteiger partial charge in [0, 0.05) is 12.7 Å². The summed E-state index contributed by atoms with van der Waals surface area (Å²) in [6.45, 7) is 4.23. The maximum absolute atomic E-state index is 12.6. The Morgan fingerprint density at radius 2 is 2.00 bits per heavy atom.